The van der Waals surface area contributed by atoms with E-state index in [2.05, 4.69) is 119 Å². The molecule has 0 radical (unpaired) electrons. The van der Waals surface area contributed by atoms with Crippen LogP contribution in [-0.4, -0.2) is 15.0 Å². The zero-order valence-electron chi connectivity index (χ0n) is 31.6. The molecule has 0 bridgehead atoms. The van der Waals surface area contributed by atoms with Crippen molar-refractivity contribution in [3.8, 4) is 56.4 Å². The van der Waals surface area contributed by atoms with Crippen molar-refractivity contribution < 1.29 is 8.83 Å². The van der Waals surface area contributed by atoms with Crippen molar-refractivity contribution in [1.29, 1.82) is 0 Å². The molecule has 5 nitrogen and oxygen atoms in total. The molecule has 1 aliphatic rings. The molecule has 0 saturated carbocycles. The molecule has 0 amide bonds. The molecule has 1 unspecified atom stereocenters. The van der Waals surface area contributed by atoms with Crippen molar-refractivity contribution >= 4 is 43.9 Å². The van der Waals surface area contributed by atoms with Gasteiger partial charge in [0.15, 0.2) is 17.5 Å². The minimum Gasteiger partial charge on any atom is -0.456 e. The highest BCUT2D eigenvalue weighted by Gasteiger charge is 2.49. The Labute approximate surface area is 324 Å². The van der Waals surface area contributed by atoms with Gasteiger partial charge >= 0.3 is 0 Å². The van der Waals surface area contributed by atoms with Gasteiger partial charge in [0.05, 0.1) is 0 Å². The maximum absolute atomic E-state index is 6.94. The molecular formula is C51H37N3O2. The average molecular weight is 724 g/mol. The van der Waals surface area contributed by atoms with Gasteiger partial charge in [0.1, 0.15) is 22.3 Å². The van der Waals surface area contributed by atoms with E-state index in [1.54, 1.807) is 0 Å². The van der Waals surface area contributed by atoms with E-state index < -0.39 is 0 Å². The Kier molecular flexibility index (Phi) is 6.88. The fourth-order valence-corrected chi connectivity index (χ4v) is 8.95. The van der Waals surface area contributed by atoms with E-state index >= 15 is 0 Å². The van der Waals surface area contributed by atoms with E-state index in [1.807, 2.05) is 60.7 Å². The van der Waals surface area contributed by atoms with E-state index in [0.29, 0.717) is 17.5 Å². The van der Waals surface area contributed by atoms with Crippen molar-refractivity contribution in [3.63, 3.8) is 0 Å². The van der Waals surface area contributed by atoms with Gasteiger partial charge in [0, 0.05) is 49.2 Å². The highest BCUT2D eigenvalue weighted by molar-refractivity contribution is 6.12. The molecule has 0 spiro atoms. The Hall–Kier alpha value is -6.85. The lowest BCUT2D eigenvalue weighted by Crippen LogP contribution is -2.36. The molecule has 5 heteroatoms. The summed E-state index contributed by atoms with van der Waals surface area (Å²) in [7, 11) is 0. The topological polar surface area (TPSA) is 65.0 Å². The van der Waals surface area contributed by atoms with E-state index in [9.17, 15) is 0 Å². The number of furan rings is 2. The molecule has 1 atom stereocenters. The Morgan fingerprint density at radius 1 is 0.446 bits per heavy atom. The molecular weight excluding hydrogens is 687 g/mol. The van der Waals surface area contributed by atoms with Crippen molar-refractivity contribution in [3.05, 3.63) is 163 Å². The molecule has 56 heavy (non-hydrogen) atoms. The van der Waals surface area contributed by atoms with Crippen molar-refractivity contribution in [1.82, 2.24) is 15.0 Å². The second-order valence-corrected chi connectivity index (χ2v) is 16.1. The van der Waals surface area contributed by atoms with Crippen LogP contribution in [0.5, 0.6) is 0 Å². The summed E-state index contributed by atoms with van der Waals surface area (Å²) in [5.74, 6) is 1.81. The van der Waals surface area contributed by atoms with Gasteiger partial charge in [0.2, 0.25) is 0 Å². The van der Waals surface area contributed by atoms with E-state index in [0.717, 1.165) is 71.7 Å². The third kappa shape index (κ3) is 4.70. The van der Waals surface area contributed by atoms with Crippen LogP contribution in [0.3, 0.4) is 0 Å². The zero-order chi connectivity index (χ0) is 37.8. The van der Waals surface area contributed by atoms with Crippen LogP contribution < -0.4 is 0 Å². The van der Waals surface area contributed by atoms with Gasteiger partial charge in [-0.05, 0) is 69.6 Å². The van der Waals surface area contributed by atoms with Gasteiger partial charge in [-0.2, -0.15) is 0 Å². The third-order valence-corrected chi connectivity index (χ3v) is 12.2. The molecule has 0 fully saturated rings. The number of aromatic nitrogens is 3. The predicted octanol–water partition coefficient (Wildman–Crippen LogP) is 13.7. The number of hydrogen-bond acceptors (Lipinski definition) is 5. The van der Waals surface area contributed by atoms with Crippen LogP contribution in [0.4, 0.5) is 0 Å². The zero-order valence-corrected chi connectivity index (χ0v) is 31.6. The number of para-hydroxylation sites is 1. The summed E-state index contributed by atoms with van der Waals surface area (Å²) in [6, 6.07) is 52.6. The van der Waals surface area contributed by atoms with E-state index in [4.69, 9.17) is 23.8 Å². The number of rotatable bonds is 4. The van der Waals surface area contributed by atoms with Crippen molar-refractivity contribution in [2.75, 3.05) is 0 Å². The van der Waals surface area contributed by atoms with Gasteiger partial charge in [-0.1, -0.05) is 143 Å². The monoisotopic (exact) mass is 723 g/mol. The SMILES string of the molecule is CC(C)(C)C1(C)c2ccccc2-c2ccc3c(oc4cc(-c5cccc(-c6nc(-c7ccccc7)nc(-c7cccc8oc9ccccc9c78)n6)c5)ccc43)c21. The van der Waals surface area contributed by atoms with Crippen molar-refractivity contribution in [2.45, 2.75) is 33.1 Å². The summed E-state index contributed by atoms with van der Waals surface area (Å²) >= 11 is 0. The lowest BCUT2D eigenvalue weighted by Gasteiger charge is -2.40. The predicted molar refractivity (Wildman–Crippen MR) is 227 cm³/mol. The quantitative estimate of drug-likeness (QED) is 0.181. The Morgan fingerprint density at radius 3 is 1.95 bits per heavy atom. The lowest BCUT2D eigenvalue weighted by molar-refractivity contribution is 0.255. The Balaban J connectivity index is 1.05. The first-order valence-electron chi connectivity index (χ1n) is 19.2. The third-order valence-electron chi connectivity index (χ3n) is 12.2. The molecule has 0 aliphatic heterocycles. The van der Waals surface area contributed by atoms with Crippen molar-refractivity contribution in [2.24, 2.45) is 5.41 Å². The first kappa shape index (κ1) is 32.6. The van der Waals surface area contributed by atoms with Gasteiger partial charge in [-0.3, -0.25) is 0 Å². The number of nitrogens with zero attached hydrogens (tertiary/aromatic N) is 3. The minimum atomic E-state index is -0.221. The maximum Gasteiger partial charge on any atom is 0.164 e. The van der Waals surface area contributed by atoms with E-state index in [1.165, 1.54) is 22.3 Å². The fourth-order valence-electron chi connectivity index (χ4n) is 8.95. The molecule has 0 N–H and O–H groups in total. The summed E-state index contributed by atoms with van der Waals surface area (Å²) in [4.78, 5) is 15.3. The molecule has 1 aliphatic carbocycles. The standard InChI is InChI=1S/C51H37N3O2/c1-50(2,3)51(4)40-21-10-8-18-34(40)36-26-27-37-35-25-24-32(29-43(35)56-46(37)45(36)51)31-16-12-17-33(28-31)48-52-47(30-14-6-5-7-15-30)53-49(54-48)39-20-13-23-42-44(39)38-19-9-11-22-41(38)55-42/h5-29H,1-4H3. The summed E-state index contributed by atoms with van der Waals surface area (Å²) in [5, 5.41) is 4.28. The van der Waals surface area contributed by atoms with Gasteiger partial charge < -0.3 is 8.83 Å². The molecule has 10 aromatic rings. The van der Waals surface area contributed by atoms with Crippen LogP contribution in [0.1, 0.15) is 38.8 Å². The number of hydrogen-bond donors (Lipinski definition) is 0. The van der Waals surface area contributed by atoms with Gasteiger partial charge in [-0.15, -0.1) is 0 Å². The van der Waals surface area contributed by atoms with Crippen LogP contribution in [0.15, 0.2) is 160 Å². The normalized spacial score (nSPS) is 15.2. The largest absolute Gasteiger partial charge is 0.456 e. The highest BCUT2D eigenvalue weighted by atomic mass is 16.3. The minimum absolute atomic E-state index is 0.0404. The molecule has 268 valence electrons. The summed E-state index contributed by atoms with van der Waals surface area (Å²) in [6.45, 7) is 9.39. The lowest BCUT2D eigenvalue weighted by atomic mass is 9.62. The van der Waals surface area contributed by atoms with Crippen LogP contribution in [-0.2, 0) is 5.41 Å². The second-order valence-electron chi connectivity index (χ2n) is 16.1. The molecule has 11 rings (SSSR count). The molecule has 7 aromatic carbocycles. The first-order chi connectivity index (χ1) is 27.3. The van der Waals surface area contributed by atoms with Crippen LogP contribution >= 0.6 is 0 Å². The highest BCUT2D eigenvalue weighted by Crippen LogP contribution is 2.59. The first-order valence-corrected chi connectivity index (χ1v) is 19.2. The number of benzene rings is 7. The Morgan fingerprint density at radius 2 is 1.09 bits per heavy atom. The molecule has 3 aromatic heterocycles. The fraction of sp³-hybridized carbons (Fsp3) is 0.118. The van der Waals surface area contributed by atoms with E-state index in [-0.39, 0.29) is 10.8 Å². The second kappa shape index (κ2) is 11.8. The van der Waals surface area contributed by atoms with Gasteiger partial charge in [-0.25, -0.2) is 15.0 Å². The summed E-state index contributed by atoms with van der Waals surface area (Å²) in [6.07, 6.45) is 0. The van der Waals surface area contributed by atoms with Crippen LogP contribution in [0.25, 0.3) is 100 Å². The summed E-state index contributed by atoms with van der Waals surface area (Å²) < 4.78 is 13.2. The molecule has 3 heterocycles. The summed E-state index contributed by atoms with van der Waals surface area (Å²) in [5.41, 5.74) is 13.2. The van der Waals surface area contributed by atoms with Crippen LogP contribution in [0.2, 0.25) is 0 Å². The maximum atomic E-state index is 6.94. The van der Waals surface area contributed by atoms with Gasteiger partial charge in [0.25, 0.3) is 0 Å². The average Bonchev–Trinajstić information content (AvgIpc) is 3.89. The Bertz CT molecular complexity index is 3200. The van der Waals surface area contributed by atoms with Crippen LogP contribution in [0, 0.1) is 5.41 Å². The smallest absolute Gasteiger partial charge is 0.164 e. The number of fused-ring (bicyclic) bond motifs is 10. The molecule has 0 saturated heterocycles.